The van der Waals surface area contributed by atoms with E-state index < -0.39 is 0 Å². The van der Waals surface area contributed by atoms with E-state index in [1.807, 2.05) is 0 Å². The largest absolute Gasteiger partial charge is 0.497 e. The summed E-state index contributed by atoms with van der Waals surface area (Å²) < 4.78 is 5.02. The van der Waals surface area contributed by atoms with Gasteiger partial charge < -0.3 is 15.8 Å². The van der Waals surface area contributed by atoms with Gasteiger partial charge in [-0.1, -0.05) is 0 Å². The number of amides is 1. The van der Waals surface area contributed by atoms with Gasteiger partial charge in [0, 0.05) is 11.1 Å². The predicted molar refractivity (Wildman–Crippen MR) is 67.5 cm³/mol. The van der Waals surface area contributed by atoms with Crippen molar-refractivity contribution in [2.45, 2.75) is 0 Å². The summed E-state index contributed by atoms with van der Waals surface area (Å²) in [6, 6.07) is 7.05. The van der Waals surface area contributed by atoms with Gasteiger partial charge in [-0.05, 0) is 24.3 Å². The molecule has 1 aromatic heterocycles. The highest BCUT2D eigenvalue weighted by Gasteiger charge is 2.09. The van der Waals surface area contributed by atoms with Gasteiger partial charge in [-0.3, -0.25) is 4.79 Å². The molecule has 88 valence electrons. The number of ether oxygens (including phenoxy) is 1. The van der Waals surface area contributed by atoms with Gasteiger partial charge in [0.2, 0.25) is 0 Å². The number of carbonyl (C=O) groups excluding carboxylic acids is 1. The summed E-state index contributed by atoms with van der Waals surface area (Å²) >= 11 is 1.24. The molecule has 0 unspecified atom stereocenters. The van der Waals surface area contributed by atoms with Crippen molar-refractivity contribution >= 4 is 28.1 Å². The molecule has 1 heterocycles. The number of nitrogens with zero attached hydrogens (tertiary/aromatic N) is 1. The molecule has 17 heavy (non-hydrogen) atoms. The lowest BCUT2D eigenvalue weighted by Crippen LogP contribution is -2.12. The first kappa shape index (κ1) is 11.4. The van der Waals surface area contributed by atoms with Gasteiger partial charge >= 0.3 is 0 Å². The minimum Gasteiger partial charge on any atom is -0.497 e. The minimum absolute atomic E-state index is 0.275. The van der Waals surface area contributed by atoms with Crippen LogP contribution in [0.4, 0.5) is 10.8 Å². The first-order chi connectivity index (χ1) is 8.19. The second-order valence-corrected chi connectivity index (χ2v) is 4.14. The Morgan fingerprint density at radius 3 is 2.65 bits per heavy atom. The molecule has 0 bridgehead atoms. The first-order valence-corrected chi connectivity index (χ1v) is 5.73. The zero-order valence-corrected chi connectivity index (χ0v) is 9.95. The Morgan fingerprint density at radius 2 is 2.12 bits per heavy atom. The average molecular weight is 249 g/mol. The molecule has 0 spiro atoms. The lowest BCUT2D eigenvalue weighted by Gasteiger charge is -2.04. The zero-order valence-electron chi connectivity index (χ0n) is 9.14. The lowest BCUT2D eigenvalue weighted by molar-refractivity contribution is 0.102. The molecule has 0 saturated heterocycles. The van der Waals surface area contributed by atoms with Crippen LogP contribution in [0.3, 0.4) is 0 Å². The van der Waals surface area contributed by atoms with Crippen LogP contribution in [0.2, 0.25) is 0 Å². The number of thiazole rings is 1. The molecule has 6 heteroatoms. The maximum absolute atomic E-state index is 11.7. The van der Waals surface area contributed by atoms with Crippen LogP contribution in [0, 0.1) is 0 Å². The van der Waals surface area contributed by atoms with Crippen LogP contribution in [0.1, 0.15) is 10.5 Å². The molecular formula is C11H11N3O2S. The molecule has 2 aromatic rings. The molecule has 2 rings (SSSR count). The number of aromatic nitrogens is 1. The van der Waals surface area contributed by atoms with Gasteiger partial charge in [0.1, 0.15) is 11.4 Å². The zero-order chi connectivity index (χ0) is 12.3. The van der Waals surface area contributed by atoms with E-state index in [1.54, 1.807) is 36.8 Å². The fourth-order valence-electron chi connectivity index (χ4n) is 1.26. The molecule has 3 N–H and O–H groups in total. The van der Waals surface area contributed by atoms with E-state index >= 15 is 0 Å². The molecule has 0 aliphatic heterocycles. The van der Waals surface area contributed by atoms with Crippen LogP contribution >= 0.6 is 11.3 Å². The molecule has 0 atom stereocenters. The van der Waals surface area contributed by atoms with Gasteiger partial charge in [0.05, 0.1) is 7.11 Å². The number of nitrogen functional groups attached to an aromatic ring is 1. The number of benzene rings is 1. The molecule has 0 aliphatic rings. The van der Waals surface area contributed by atoms with E-state index in [1.165, 1.54) is 11.3 Å². The summed E-state index contributed by atoms with van der Waals surface area (Å²) in [6.07, 6.45) is 0. The van der Waals surface area contributed by atoms with Crippen molar-refractivity contribution in [2.24, 2.45) is 0 Å². The Kier molecular flexibility index (Phi) is 3.24. The normalized spacial score (nSPS) is 9.94. The maximum Gasteiger partial charge on any atom is 0.275 e. The number of methoxy groups -OCH3 is 1. The number of anilines is 2. The summed E-state index contributed by atoms with van der Waals surface area (Å²) in [5, 5.41) is 4.72. The van der Waals surface area contributed by atoms with Gasteiger partial charge in [-0.2, -0.15) is 0 Å². The molecule has 0 aliphatic carbocycles. The van der Waals surface area contributed by atoms with Crippen LogP contribution in [-0.2, 0) is 0 Å². The molecule has 0 saturated carbocycles. The summed E-state index contributed by atoms with van der Waals surface area (Å²) in [7, 11) is 1.59. The monoisotopic (exact) mass is 249 g/mol. The first-order valence-electron chi connectivity index (χ1n) is 4.85. The van der Waals surface area contributed by atoms with Crippen LogP contribution in [0.25, 0.3) is 0 Å². The van der Waals surface area contributed by atoms with Crippen molar-refractivity contribution in [1.29, 1.82) is 0 Å². The number of hydrogen-bond donors (Lipinski definition) is 2. The van der Waals surface area contributed by atoms with Gasteiger partial charge in [0.15, 0.2) is 5.13 Å². The molecule has 1 amide bonds. The third-order valence-electron chi connectivity index (χ3n) is 2.10. The molecule has 0 radical (unpaired) electrons. The Morgan fingerprint density at radius 1 is 1.41 bits per heavy atom. The third kappa shape index (κ3) is 2.73. The van der Waals surface area contributed by atoms with E-state index in [9.17, 15) is 4.79 Å². The summed E-state index contributed by atoms with van der Waals surface area (Å²) in [5.41, 5.74) is 6.46. The van der Waals surface area contributed by atoms with Gasteiger partial charge in [0.25, 0.3) is 5.91 Å². The van der Waals surface area contributed by atoms with Gasteiger partial charge in [-0.15, -0.1) is 11.3 Å². The van der Waals surface area contributed by atoms with Crippen LogP contribution in [0.5, 0.6) is 5.75 Å². The van der Waals surface area contributed by atoms with E-state index in [0.29, 0.717) is 16.5 Å². The van der Waals surface area contributed by atoms with Crippen molar-refractivity contribution in [3.05, 3.63) is 35.3 Å². The van der Waals surface area contributed by atoms with Crippen molar-refractivity contribution in [2.75, 3.05) is 18.2 Å². The smallest absolute Gasteiger partial charge is 0.275 e. The van der Waals surface area contributed by atoms with Gasteiger partial charge in [-0.25, -0.2) is 4.98 Å². The van der Waals surface area contributed by atoms with Crippen LogP contribution < -0.4 is 15.8 Å². The lowest BCUT2D eigenvalue weighted by atomic mass is 10.3. The topological polar surface area (TPSA) is 77.2 Å². The summed E-state index contributed by atoms with van der Waals surface area (Å²) in [4.78, 5) is 15.6. The van der Waals surface area contributed by atoms with E-state index in [4.69, 9.17) is 10.5 Å². The van der Waals surface area contributed by atoms with Crippen LogP contribution in [0.15, 0.2) is 29.6 Å². The van der Waals surface area contributed by atoms with E-state index in [0.717, 1.165) is 5.75 Å². The fourth-order valence-corrected chi connectivity index (χ4v) is 1.80. The molecule has 0 fully saturated rings. The second-order valence-electron chi connectivity index (χ2n) is 3.25. The number of rotatable bonds is 3. The SMILES string of the molecule is COc1ccc(NC(=O)c2csc(N)n2)cc1. The second kappa shape index (κ2) is 4.84. The molecular weight excluding hydrogens is 238 g/mol. The average Bonchev–Trinajstić information content (AvgIpc) is 2.77. The van der Waals surface area contributed by atoms with Crippen LogP contribution in [-0.4, -0.2) is 18.0 Å². The fraction of sp³-hybridized carbons (Fsp3) is 0.0909. The molecule has 5 nitrogen and oxygen atoms in total. The minimum atomic E-state index is -0.275. The van der Waals surface area contributed by atoms with Crippen molar-refractivity contribution in [3.8, 4) is 5.75 Å². The standard InChI is InChI=1S/C11H11N3O2S/c1-16-8-4-2-7(3-5-8)13-10(15)9-6-17-11(12)14-9/h2-6H,1H3,(H2,12,14)(H,13,15). The van der Waals surface area contributed by atoms with Crippen molar-refractivity contribution < 1.29 is 9.53 Å². The Labute approximate surface area is 102 Å². The van der Waals surface area contributed by atoms with Crippen molar-refractivity contribution in [1.82, 2.24) is 4.98 Å². The number of hydrogen-bond acceptors (Lipinski definition) is 5. The highest BCUT2D eigenvalue weighted by molar-refractivity contribution is 7.13. The summed E-state index contributed by atoms with van der Waals surface area (Å²) in [6.45, 7) is 0. The van der Waals surface area contributed by atoms with E-state index in [-0.39, 0.29) is 5.91 Å². The highest BCUT2D eigenvalue weighted by Crippen LogP contribution is 2.17. The third-order valence-corrected chi connectivity index (χ3v) is 2.78. The highest BCUT2D eigenvalue weighted by atomic mass is 32.1. The van der Waals surface area contributed by atoms with E-state index in [2.05, 4.69) is 10.3 Å². The Bertz CT molecular complexity index is 522. The Balaban J connectivity index is 2.07. The maximum atomic E-state index is 11.7. The summed E-state index contributed by atoms with van der Waals surface area (Å²) in [5.74, 6) is 0.462. The Hall–Kier alpha value is -2.08. The number of nitrogens with two attached hydrogens (primary N) is 1. The predicted octanol–water partition coefficient (Wildman–Crippen LogP) is 1.99. The van der Waals surface area contributed by atoms with Crippen molar-refractivity contribution in [3.63, 3.8) is 0 Å². The molecule has 1 aromatic carbocycles. The number of carbonyl (C=O) groups is 1. The quantitative estimate of drug-likeness (QED) is 0.872. The number of nitrogens with one attached hydrogen (secondary N) is 1.